The molecule has 2 aromatic carbocycles. The molecule has 1 atom stereocenters. The molecule has 0 bridgehead atoms. The minimum atomic E-state index is -0.619. The van der Waals surface area contributed by atoms with Crippen molar-refractivity contribution < 1.29 is 18.7 Å². The van der Waals surface area contributed by atoms with E-state index in [2.05, 4.69) is 10.6 Å². The zero-order valence-corrected chi connectivity index (χ0v) is 14.6. The number of hydrogen-bond acceptors (Lipinski definition) is 3. The molecular weight excluding hydrogens is 337 g/mol. The monoisotopic (exact) mass is 357 g/mol. The number of amides is 3. The van der Waals surface area contributed by atoms with E-state index in [4.69, 9.17) is 4.74 Å². The quantitative estimate of drug-likeness (QED) is 0.883. The number of carbonyl (C=O) groups is 2. The van der Waals surface area contributed by atoms with Crippen LogP contribution in [0.15, 0.2) is 42.5 Å². The van der Waals surface area contributed by atoms with E-state index >= 15 is 0 Å². The Balaban J connectivity index is 1.62. The van der Waals surface area contributed by atoms with E-state index in [1.807, 2.05) is 0 Å². The highest BCUT2D eigenvalue weighted by Crippen LogP contribution is 2.24. The van der Waals surface area contributed by atoms with Crippen molar-refractivity contribution in [3.8, 4) is 5.75 Å². The van der Waals surface area contributed by atoms with Gasteiger partial charge in [-0.05, 0) is 49.2 Å². The van der Waals surface area contributed by atoms with Crippen molar-refractivity contribution in [2.75, 3.05) is 23.9 Å². The Labute approximate surface area is 150 Å². The fourth-order valence-corrected chi connectivity index (χ4v) is 2.89. The summed E-state index contributed by atoms with van der Waals surface area (Å²) in [7, 11) is 1.54. The second-order valence-electron chi connectivity index (χ2n) is 6.10. The summed E-state index contributed by atoms with van der Waals surface area (Å²) in [5.74, 6) is 0.0992. The fourth-order valence-electron chi connectivity index (χ4n) is 2.89. The number of hydrogen-bond donors (Lipinski definition) is 2. The van der Waals surface area contributed by atoms with Gasteiger partial charge in [0.25, 0.3) is 0 Å². The van der Waals surface area contributed by atoms with Crippen LogP contribution in [-0.2, 0) is 4.79 Å². The van der Waals surface area contributed by atoms with Gasteiger partial charge in [0.2, 0.25) is 5.91 Å². The predicted octanol–water partition coefficient (Wildman–Crippen LogP) is 3.07. The van der Waals surface area contributed by atoms with Crippen LogP contribution in [0.25, 0.3) is 0 Å². The Hall–Kier alpha value is -3.09. The molecule has 2 aromatic rings. The number of rotatable bonds is 4. The minimum absolute atomic E-state index is 0.211. The van der Waals surface area contributed by atoms with Crippen molar-refractivity contribution in [1.82, 2.24) is 5.32 Å². The van der Waals surface area contributed by atoms with Crippen molar-refractivity contribution in [1.29, 1.82) is 0 Å². The van der Waals surface area contributed by atoms with Gasteiger partial charge in [-0.15, -0.1) is 0 Å². The van der Waals surface area contributed by atoms with Crippen LogP contribution in [0.5, 0.6) is 5.75 Å². The lowest BCUT2D eigenvalue weighted by atomic mass is 10.2. The number of urea groups is 1. The average Bonchev–Trinajstić information content (AvgIpc) is 2.98. The number of nitrogens with one attached hydrogen (secondary N) is 2. The van der Waals surface area contributed by atoms with Crippen LogP contribution in [0.4, 0.5) is 20.6 Å². The van der Waals surface area contributed by atoms with E-state index in [1.54, 1.807) is 55.3 Å². The van der Waals surface area contributed by atoms with Crippen molar-refractivity contribution in [3.05, 3.63) is 53.8 Å². The number of methoxy groups -OCH3 is 1. The Kier molecular flexibility index (Phi) is 5.06. The van der Waals surface area contributed by atoms with E-state index in [0.717, 1.165) is 0 Å². The third-order valence-corrected chi connectivity index (χ3v) is 4.29. The Bertz CT molecular complexity index is 841. The van der Waals surface area contributed by atoms with Crippen LogP contribution in [0.1, 0.15) is 12.0 Å². The summed E-state index contributed by atoms with van der Waals surface area (Å²) in [6, 6.07) is 10.4. The molecular formula is C19H20FN3O3. The van der Waals surface area contributed by atoms with Gasteiger partial charge in [0.05, 0.1) is 7.11 Å². The summed E-state index contributed by atoms with van der Waals surface area (Å²) in [5, 5.41) is 5.37. The standard InChI is InChI=1S/C19H20FN3O3/c1-12-10-14(6-7-16(12)20)23-9-8-17(18(23)24)22-19(25)21-13-4-3-5-15(11-13)26-2/h3-7,10-11,17H,8-9H2,1-2H3,(H2,21,22,25). The van der Waals surface area contributed by atoms with Gasteiger partial charge in [0.15, 0.2) is 0 Å². The van der Waals surface area contributed by atoms with E-state index < -0.39 is 12.1 Å². The normalized spacial score (nSPS) is 16.5. The molecule has 0 radical (unpaired) electrons. The third-order valence-electron chi connectivity index (χ3n) is 4.29. The maximum atomic E-state index is 13.4. The number of nitrogens with zero attached hydrogens (tertiary/aromatic N) is 1. The van der Waals surface area contributed by atoms with E-state index in [9.17, 15) is 14.0 Å². The second kappa shape index (κ2) is 7.43. The molecule has 0 aromatic heterocycles. The Morgan fingerprint density at radius 3 is 2.81 bits per heavy atom. The van der Waals surface area contributed by atoms with Gasteiger partial charge >= 0.3 is 6.03 Å². The van der Waals surface area contributed by atoms with Gasteiger partial charge in [-0.2, -0.15) is 0 Å². The topological polar surface area (TPSA) is 70.7 Å². The third kappa shape index (κ3) is 3.77. The van der Waals surface area contributed by atoms with Gasteiger partial charge in [0, 0.05) is 24.0 Å². The van der Waals surface area contributed by atoms with Crippen molar-refractivity contribution in [2.45, 2.75) is 19.4 Å². The second-order valence-corrected chi connectivity index (χ2v) is 6.10. The molecule has 1 fully saturated rings. The number of aryl methyl sites for hydroxylation is 1. The molecule has 1 aliphatic rings. The lowest BCUT2D eigenvalue weighted by molar-refractivity contribution is -0.118. The molecule has 136 valence electrons. The van der Waals surface area contributed by atoms with Crippen LogP contribution in [0.2, 0.25) is 0 Å². The summed E-state index contributed by atoms with van der Waals surface area (Å²) in [6.07, 6.45) is 0.487. The summed E-state index contributed by atoms with van der Waals surface area (Å²) < 4.78 is 18.5. The molecule has 7 heteroatoms. The number of anilines is 2. The number of carbonyl (C=O) groups excluding carboxylic acids is 2. The lowest BCUT2D eigenvalue weighted by Gasteiger charge is -2.18. The van der Waals surface area contributed by atoms with Crippen LogP contribution in [0.3, 0.4) is 0 Å². The highest BCUT2D eigenvalue weighted by molar-refractivity contribution is 6.02. The van der Waals surface area contributed by atoms with Crippen molar-refractivity contribution in [3.63, 3.8) is 0 Å². The van der Waals surface area contributed by atoms with E-state index in [-0.39, 0.29) is 11.7 Å². The highest BCUT2D eigenvalue weighted by atomic mass is 19.1. The van der Waals surface area contributed by atoms with Gasteiger partial charge in [-0.1, -0.05) is 6.07 Å². The summed E-state index contributed by atoms with van der Waals surface area (Å²) in [6.45, 7) is 2.12. The first-order valence-electron chi connectivity index (χ1n) is 8.27. The molecule has 1 unspecified atom stereocenters. The molecule has 0 saturated carbocycles. The van der Waals surface area contributed by atoms with Gasteiger partial charge in [0.1, 0.15) is 17.6 Å². The molecule has 1 aliphatic heterocycles. The predicted molar refractivity (Wildman–Crippen MR) is 97.0 cm³/mol. The Morgan fingerprint density at radius 1 is 1.27 bits per heavy atom. The molecule has 0 spiro atoms. The molecule has 0 aliphatic carbocycles. The minimum Gasteiger partial charge on any atom is -0.497 e. The smallest absolute Gasteiger partial charge is 0.319 e. The van der Waals surface area contributed by atoms with Gasteiger partial charge in [-0.3, -0.25) is 4.79 Å². The first kappa shape index (κ1) is 17.7. The first-order chi connectivity index (χ1) is 12.5. The van der Waals surface area contributed by atoms with Crippen LogP contribution in [0, 0.1) is 12.7 Å². The van der Waals surface area contributed by atoms with Crippen molar-refractivity contribution >= 4 is 23.3 Å². The lowest BCUT2D eigenvalue weighted by Crippen LogP contribution is -2.43. The highest BCUT2D eigenvalue weighted by Gasteiger charge is 2.33. The zero-order valence-electron chi connectivity index (χ0n) is 14.6. The molecule has 3 amide bonds. The van der Waals surface area contributed by atoms with Crippen LogP contribution >= 0.6 is 0 Å². The van der Waals surface area contributed by atoms with E-state index in [1.165, 1.54) is 6.07 Å². The number of halogens is 1. The van der Waals surface area contributed by atoms with Gasteiger partial charge < -0.3 is 20.3 Å². The largest absolute Gasteiger partial charge is 0.497 e. The maximum absolute atomic E-state index is 13.4. The van der Waals surface area contributed by atoms with Crippen molar-refractivity contribution in [2.24, 2.45) is 0 Å². The average molecular weight is 357 g/mol. The Morgan fingerprint density at radius 2 is 2.08 bits per heavy atom. The molecule has 1 saturated heterocycles. The molecule has 26 heavy (non-hydrogen) atoms. The van der Waals surface area contributed by atoms with E-state index in [0.29, 0.717) is 35.7 Å². The number of ether oxygens (including phenoxy) is 1. The zero-order chi connectivity index (χ0) is 18.7. The maximum Gasteiger partial charge on any atom is 0.319 e. The fraction of sp³-hybridized carbons (Fsp3) is 0.263. The summed E-state index contributed by atoms with van der Waals surface area (Å²) in [4.78, 5) is 26.3. The summed E-state index contributed by atoms with van der Waals surface area (Å²) >= 11 is 0. The molecule has 1 heterocycles. The number of benzene rings is 2. The summed E-state index contributed by atoms with van der Waals surface area (Å²) in [5.41, 5.74) is 1.67. The first-order valence-corrected chi connectivity index (χ1v) is 8.27. The molecule has 2 N–H and O–H groups in total. The van der Waals surface area contributed by atoms with Crippen LogP contribution < -0.4 is 20.3 Å². The van der Waals surface area contributed by atoms with Crippen LogP contribution in [-0.4, -0.2) is 31.6 Å². The molecule has 3 rings (SSSR count). The molecule has 6 nitrogen and oxygen atoms in total. The van der Waals surface area contributed by atoms with Gasteiger partial charge in [-0.25, -0.2) is 9.18 Å². The SMILES string of the molecule is COc1cccc(NC(=O)NC2CCN(c3ccc(F)c(C)c3)C2=O)c1.